The van der Waals surface area contributed by atoms with Gasteiger partial charge in [0.2, 0.25) is 0 Å². The number of para-hydroxylation sites is 1. The van der Waals surface area contributed by atoms with Gasteiger partial charge >= 0.3 is 0 Å². The molecule has 1 heterocycles. The first kappa shape index (κ1) is 10.5. The molecular weight excluding hydrogens is 202 g/mol. The van der Waals surface area contributed by atoms with Crippen molar-refractivity contribution in [2.75, 3.05) is 0 Å². The van der Waals surface area contributed by atoms with Gasteiger partial charge in [-0.1, -0.05) is 36.8 Å². The Morgan fingerprint density at radius 2 is 2.25 bits per heavy atom. The fraction of sp³-hybridized carbons (Fsp3) is 0.250. The van der Waals surface area contributed by atoms with Crippen LogP contribution in [-0.4, -0.2) is 20.9 Å². The highest BCUT2D eigenvalue weighted by molar-refractivity contribution is 5.95. The second kappa shape index (κ2) is 4.70. The Morgan fingerprint density at radius 1 is 1.44 bits per heavy atom. The fourth-order valence-electron chi connectivity index (χ4n) is 1.45. The number of fused-ring (bicyclic) bond motifs is 1. The molecule has 1 aromatic heterocycles. The minimum Gasteiger partial charge on any atom is -0.267 e. The quantitative estimate of drug-likeness (QED) is 0.739. The molecule has 4 heteroatoms. The first-order valence-corrected chi connectivity index (χ1v) is 5.34. The second-order valence-electron chi connectivity index (χ2n) is 3.52. The van der Waals surface area contributed by atoms with E-state index in [1.165, 1.54) is 4.68 Å². The molecular formula is C12H13N3O. The third-order valence-electron chi connectivity index (χ3n) is 2.28. The van der Waals surface area contributed by atoms with Gasteiger partial charge in [0.05, 0.1) is 5.52 Å². The van der Waals surface area contributed by atoms with E-state index in [0.29, 0.717) is 0 Å². The molecule has 0 aliphatic carbocycles. The van der Waals surface area contributed by atoms with Crippen LogP contribution in [0.1, 0.15) is 24.6 Å². The van der Waals surface area contributed by atoms with Gasteiger partial charge in [0.25, 0.3) is 5.91 Å². The van der Waals surface area contributed by atoms with Crippen LogP contribution < -0.4 is 0 Å². The van der Waals surface area contributed by atoms with Crippen molar-refractivity contribution in [3.8, 4) is 0 Å². The third-order valence-corrected chi connectivity index (χ3v) is 2.28. The van der Waals surface area contributed by atoms with Crippen molar-refractivity contribution >= 4 is 16.9 Å². The minimum absolute atomic E-state index is 0.151. The summed E-state index contributed by atoms with van der Waals surface area (Å²) in [5.41, 5.74) is 1.48. The normalized spacial score (nSPS) is 11.3. The molecule has 0 aliphatic heterocycles. The predicted octanol–water partition coefficient (Wildman–Crippen LogP) is 2.43. The molecule has 0 bridgehead atoms. The molecule has 0 aliphatic rings. The van der Waals surface area contributed by atoms with Crippen LogP contribution in [0.5, 0.6) is 0 Å². The lowest BCUT2D eigenvalue weighted by Crippen LogP contribution is -2.08. The summed E-state index contributed by atoms with van der Waals surface area (Å²) in [5.74, 6) is -0.151. The molecule has 2 aromatic rings. The van der Waals surface area contributed by atoms with Gasteiger partial charge in [-0.15, -0.1) is 5.10 Å². The summed E-state index contributed by atoms with van der Waals surface area (Å²) >= 11 is 0. The zero-order valence-electron chi connectivity index (χ0n) is 9.13. The van der Waals surface area contributed by atoms with Crippen molar-refractivity contribution in [1.82, 2.24) is 15.0 Å². The van der Waals surface area contributed by atoms with Gasteiger partial charge in [0, 0.05) is 6.08 Å². The Labute approximate surface area is 93.6 Å². The molecule has 4 nitrogen and oxygen atoms in total. The van der Waals surface area contributed by atoms with Gasteiger partial charge in [0.15, 0.2) is 0 Å². The van der Waals surface area contributed by atoms with Crippen molar-refractivity contribution < 1.29 is 4.79 Å². The van der Waals surface area contributed by atoms with E-state index in [0.717, 1.165) is 23.9 Å². The number of nitrogens with zero attached hydrogens (tertiary/aromatic N) is 3. The van der Waals surface area contributed by atoms with Crippen LogP contribution in [0.2, 0.25) is 0 Å². The molecule has 0 atom stereocenters. The van der Waals surface area contributed by atoms with E-state index in [9.17, 15) is 4.79 Å². The number of hydrogen-bond donors (Lipinski definition) is 0. The lowest BCUT2D eigenvalue weighted by Gasteiger charge is -1.94. The van der Waals surface area contributed by atoms with Crippen molar-refractivity contribution in [2.45, 2.75) is 19.8 Å². The molecule has 0 amide bonds. The van der Waals surface area contributed by atoms with Crippen molar-refractivity contribution in [1.29, 1.82) is 0 Å². The highest BCUT2D eigenvalue weighted by atomic mass is 16.2. The summed E-state index contributed by atoms with van der Waals surface area (Å²) in [7, 11) is 0. The molecule has 0 spiro atoms. The Balaban J connectivity index is 2.30. The number of rotatable bonds is 3. The molecule has 0 fully saturated rings. The lowest BCUT2D eigenvalue weighted by molar-refractivity contribution is 0.0957. The zero-order chi connectivity index (χ0) is 11.4. The predicted molar refractivity (Wildman–Crippen MR) is 62.2 cm³/mol. The molecule has 0 radical (unpaired) electrons. The fourth-order valence-corrected chi connectivity index (χ4v) is 1.45. The van der Waals surface area contributed by atoms with Gasteiger partial charge in [0.1, 0.15) is 5.52 Å². The lowest BCUT2D eigenvalue weighted by atomic mass is 10.3. The van der Waals surface area contributed by atoms with E-state index in [4.69, 9.17) is 0 Å². The zero-order valence-corrected chi connectivity index (χ0v) is 9.13. The van der Waals surface area contributed by atoms with E-state index in [1.807, 2.05) is 30.3 Å². The van der Waals surface area contributed by atoms with Gasteiger partial charge in [-0.2, -0.15) is 4.68 Å². The summed E-state index contributed by atoms with van der Waals surface area (Å²) in [6, 6.07) is 7.41. The molecule has 0 unspecified atom stereocenters. The number of hydrogen-bond acceptors (Lipinski definition) is 3. The van der Waals surface area contributed by atoms with E-state index in [1.54, 1.807) is 6.08 Å². The van der Waals surface area contributed by atoms with Crippen LogP contribution in [-0.2, 0) is 0 Å². The standard InChI is InChI=1S/C12H13N3O/c1-2-3-4-9-12(16)15-11-8-6-5-7-10(11)13-14-15/h4-9H,2-3H2,1H3/b9-4+. The first-order chi connectivity index (χ1) is 7.83. The number of aromatic nitrogens is 3. The van der Waals surface area contributed by atoms with E-state index in [2.05, 4.69) is 17.2 Å². The van der Waals surface area contributed by atoms with Crippen molar-refractivity contribution in [3.63, 3.8) is 0 Å². The van der Waals surface area contributed by atoms with Crippen LogP contribution in [0.15, 0.2) is 36.4 Å². The molecule has 2 rings (SSSR count). The maximum Gasteiger partial charge on any atom is 0.272 e. The average molecular weight is 215 g/mol. The van der Waals surface area contributed by atoms with Crippen LogP contribution in [0, 0.1) is 0 Å². The molecule has 0 saturated carbocycles. The van der Waals surface area contributed by atoms with E-state index in [-0.39, 0.29) is 5.91 Å². The molecule has 1 aromatic carbocycles. The summed E-state index contributed by atoms with van der Waals surface area (Å²) in [5, 5.41) is 7.77. The van der Waals surface area contributed by atoms with Crippen LogP contribution in [0.3, 0.4) is 0 Å². The number of carbonyl (C=O) groups is 1. The Hall–Kier alpha value is -1.97. The maximum absolute atomic E-state index is 11.8. The highest BCUT2D eigenvalue weighted by Gasteiger charge is 2.07. The summed E-state index contributed by atoms with van der Waals surface area (Å²) in [6.07, 6.45) is 5.34. The maximum atomic E-state index is 11.8. The van der Waals surface area contributed by atoms with Crippen molar-refractivity contribution in [2.24, 2.45) is 0 Å². The van der Waals surface area contributed by atoms with Crippen LogP contribution >= 0.6 is 0 Å². The van der Waals surface area contributed by atoms with Gasteiger partial charge in [-0.25, -0.2) is 0 Å². The van der Waals surface area contributed by atoms with E-state index >= 15 is 0 Å². The monoisotopic (exact) mass is 215 g/mol. The highest BCUT2D eigenvalue weighted by Crippen LogP contribution is 2.09. The largest absolute Gasteiger partial charge is 0.272 e. The van der Waals surface area contributed by atoms with Crippen molar-refractivity contribution in [3.05, 3.63) is 36.4 Å². The molecule has 0 N–H and O–H groups in total. The second-order valence-corrected chi connectivity index (χ2v) is 3.52. The van der Waals surface area contributed by atoms with Crippen LogP contribution in [0.4, 0.5) is 0 Å². The minimum atomic E-state index is -0.151. The number of benzene rings is 1. The number of carbonyl (C=O) groups excluding carboxylic acids is 1. The molecule has 16 heavy (non-hydrogen) atoms. The van der Waals surface area contributed by atoms with Gasteiger partial charge in [-0.05, 0) is 18.6 Å². The van der Waals surface area contributed by atoms with E-state index < -0.39 is 0 Å². The number of unbranched alkanes of at least 4 members (excludes halogenated alkanes) is 1. The average Bonchev–Trinajstić information content (AvgIpc) is 2.73. The summed E-state index contributed by atoms with van der Waals surface area (Å²) < 4.78 is 1.32. The summed E-state index contributed by atoms with van der Waals surface area (Å²) in [4.78, 5) is 11.8. The SMILES string of the molecule is CCC/C=C/C(=O)n1nnc2ccccc21. The topological polar surface area (TPSA) is 47.8 Å². The first-order valence-electron chi connectivity index (χ1n) is 5.34. The molecule has 82 valence electrons. The smallest absolute Gasteiger partial charge is 0.267 e. The Kier molecular flexibility index (Phi) is 3.10. The Morgan fingerprint density at radius 3 is 3.06 bits per heavy atom. The van der Waals surface area contributed by atoms with Gasteiger partial charge in [-0.3, -0.25) is 4.79 Å². The molecule has 0 saturated heterocycles. The Bertz CT molecular complexity index is 528. The number of allylic oxidation sites excluding steroid dienone is 2. The van der Waals surface area contributed by atoms with Gasteiger partial charge < -0.3 is 0 Å². The van der Waals surface area contributed by atoms with Crippen LogP contribution in [0.25, 0.3) is 11.0 Å². The third kappa shape index (κ3) is 2.00. The summed E-state index contributed by atoms with van der Waals surface area (Å²) in [6.45, 7) is 2.07.